The van der Waals surface area contributed by atoms with Crippen LogP contribution in [-0.2, 0) is 5.41 Å². The van der Waals surface area contributed by atoms with Gasteiger partial charge in [-0.3, -0.25) is 10.1 Å². The smallest absolute Gasteiger partial charge is 0.258 e. The lowest BCUT2D eigenvalue weighted by atomic mass is 9.82. The Morgan fingerprint density at radius 1 is 1.43 bits per heavy atom. The predicted octanol–water partition coefficient (Wildman–Crippen LogP) is 3.28. The van der Waals surface area contributed by atoms with Gasteiger partial charge in [0.25, 0.3) is 5.69 Å². The van der Waals surface area contributed by atoms with Crippen LogP contribution in [0.5, 0.6) is 0 Å². The summed E-state index contributed by atoms with van der Waals surface area (Å²) in [6, 6.07) is 6.86. The molecule has 0 aliphatic rings. The molecule has 0 aliphatic heterocycles. The second kappa shape index (κ2) is 3.78. The van der Waals surface area contributed by atoms with Gasteiger partial charge < -0.3 is 0 Å². The number of benzene rings is 1. The van der Waals surface area contributed by atoms with Crippen LogP contribution in [0.2, 0.25) is 0 Å². The van der Waals surface area contributed by atoms with Gasteiger partial charge in [0, 0.05) is 12.1 Å². The third-order valence-corrected chi connectivity index (χ3v) is 2.72. The van der Waals surface area contributed by atoms with Crippen molar-refractivity contribution < 1.29 is 4.92 Å². The minimum absolute atomic E-state index is 0.00597. The quantitative estimate of drug-likeness (QED) is 0.546. The Labute approximate surface area is 83.9 Å². The molecular formula is C11H15NO2. The second-order valence-corrected chi connectivity index (χ2v) is 4.04. The van der Waals surface area contributed by atoms with Crippen molar-refractivity contribution in [3.05, 3.63) is 39.9 Å². The van der Waals surface area contributed by atoms with E-state index in [4.69, 9.17) is 0 Å². The molecule has 0 unspecified atom stereocenters. The summed E-state index contributed by atoms with van der Waals surface area (Å²) in [7, 11) is 0. The summed E-state index contributed by atoms with van der Waals surface area (Å²) >= 11 is 0. The van der Waals surface area contributed by atoms with Gasteiger partial charge in [-0.1, -0.05) is 32.9 Å². The molecule has 0 atom stereocenters. The van der Waals surface area contributed by atoms with Crippen LogP contribution < -0.4 is 0 Å². The molecule has 0 amide bonds. The Bertz CT molecular complexity index is 345. The molecule has 0 saturated carbocycles. The third-order valence-electron chi connectivity index (χ3n) is 2.72. The predicted molar refractivity (Wildman–Crippen MR) is 56.4 cm³/mol. The fourth-order valence-electron chi connectivity index (χ4n) is 1.24. The Hall–Kier alpha value is -1.38. The number of nitro benzene ring substituents is 1. The average molecular weight is 193 g/mol. The topological polar surface area (TPSA) is 43.1 Å². The molecule has 1 rings (SSSR count). The number of hydrogen-bond acceptors (Lipinski definition) is 2. The molecule has 0 N–H and O–H groups in total. The summed E-state index contributed by atoms with van der Waals surface area (Å²) < 4.78 is 0. The molecule has 0 aromatic heterocycles. The maximum Gasteiger partial charge on any atom is 0.269 e. The summed E-state index contributed by atoms with van der Waals surface area (Å²) in [6.07, 6.45) is 0.966. The molecule has 0 heterocycles. The van der Waals surface area contributed by atoms with Crippen LogP contribution in [0.4, 0.5) is 5.69 Å². The van der Waals surface area contributed by atoms with E-state index < -0.39 is 0 Å². The van der Waals surface area contributed by atoms with E-state index in [0.29, 0.717) is 0 Å². The third kappa shape index (κ3) is 2.10. The highest BCUT2D eigenvalue weighted by Gasteiger charge is 2.19. The first-order valence-corrected chi connectivity index (χ1v) is 4.72. The average Bonchev–Trinajstić information content (AvgIpc) is 2.18. The van der Waals surface area contributed by atoms with Gasteiger partial charge in [0.1, 0.15) is 0 Å². The Morgan fingerprint density at radius 2 is 2.07 bits per heavy atom. The summed E-state index contributed by atoms with van der Waals surface area (Å²) in [5.41, 5.74) is 1.20. The molecule has 0 aliphatic carbocycles. The fourth-order valence-corrected chi connectivity index (χ4v) is 1.24. The normalized spacial score (nSPS) is 11.4. The van der Waals surface area contributed by atoms with Crippen LogP contribution in [0.1, 0.15) is 32.8 Å². The molecule has 14 heavy (non-hydrogen) atoms. The van der Waals surface area contributed by atoms with Crippen molar-refractivity contribution in [3.8, 4) is 0 Å². The summed E-state index contributed by atoms with van der Waals surface area (Å²) in [4.78, 5) is 10.2. The fraction of sp³-hybridized carbons (Fsp3) is 0.455. The summed E-state index contributed by atoms with van der Waals surface area (Å²) in [6.45, 7) is 6.26. The summed E-state index contributed by atoms with van der Waals surface area (Å²) in [5, 5.41) is 10.6. The zero-order chi connectivity index (χ0) is 10.8. The Balaban J connectivity index is 3.12. The van der Waals surface area contributed by atoms with Crippen molar-refractivity contribution in [2.75, 3.05) is 0 Å². The van der Waals surface area contributed by atoms with Crippen molar-refractivity contribution in [1.29, 1.82) is 0 Å². The van der Waals surface area contributed by atoms with E-state index in [1.807, 2.05) is 6.07 Å². The number of non-ortho nitro benzene ring substituents is 1. The molecule has 1 aromatic rings. The first-order chi connectivity index (χ1) is 6.47. The Morgan fingerprint density at radius 3 is 2.57 bits per heavy atom. The van der Waals surface area contributed by atoms with E-state index in [1.54, 1.807) is 12.1 Å². The van der Waals surface area contributed by atoms with E-state index in [9.17, 15) is 10.1 Å². The van der Waals surface area contributed by atoms with Gasteiger partial charge in [0.05, 0.1) is 4.92 Å². The van der Waals surface area contributed by atoms with Crippen LogP contribution >= 0.6 is 0 Å². The molecule has 3 nitrogen and oxygen atoms in total. The van der Waals surface area contributed by atoms with Gasteiger partial charge >= 0.3 is 0 Å². The van der Waals surface area contributed by atoms with E-state index in [-0.39, 0.29) is 16.0 Å². The first kappa shape index (κ1) is 10.7. The second-order valence-electron chi connectivity index (χ2n) is 4.04. The number of nitrogens with zero attached hydrogens (tertiary/aromatic N) is 1. The van der Waals surface area contributed by atoms with Gasteiger partial charge in [-0.05, 0) is 17.4 Å². The summed E-state index contributed by atoms with van der Waals surface area (Å²) in [5.74, 6) is 0. The highest BCUT2D eigenvalue weighted by atomic mass is 16.6. The first-order valence-electron chi connectivity index (χ1n) is 4.72. The van der Waals surface area contributed by atoms with Crippen LogP contribution in [0, 0.1) is 10.1 Å². The standard InChI is InChI=1S/C11H15NO2/c1-4-11(2,3)9-6-5-7-10(8-9)12(13)14/h5-8H,4H2,1-3H3. The minimum atomic E-state index is -0.352. The van der Waals surface area contributed by atoms with E-state index in [0.717, 1.165) is 12.0 Å². The van der Waals surface area contributed by atoms with E-state index in [1.165, 1.54) is 6.07 Å². The maximum atomic E-state index is 10.6. The van der Waals surface area contributed by atoms with Gasteiger partial charge in [0.2, 0.25) is 0 Å². The molecular weight excluding hydrogens is 178 g/mol. The zero-order valence-corrected chi connectivity index (χ0v) is 8.78. The van der Waals surface area contributed by atoms with Gasteiger partial charge in [-0.2, -0.15) is 0 Å². The number of rotatable bonds is 3. The van der Waals surface area contributed by atoms with E-state index in [2.05, 4.69) is 20.8 Å². The molecule has 3 heteroatoms. The van der Waals surface area contributed by atoms with E-state index >= 15 is 0 Å². The maximum absolute atomic E-state index is 10.6. The minimum Gasteiger partial charge on any atom is -0.258 e. The molecule has 1 aromatic carbocycles. The van der Waals surface area contributed by atoms with Crippen molar-refractivity contribution in [3.63, 3.8) is 0 Å². The van der Waals surface area contributed by atoms with Crippen LogP contribution in [0.15, 0.2) is 24.3 Å². The van der Waals surface area contributed by atoms with Gasteiger partial charge in [-0.25, -0.2) is 0 Å². The zero-order valence-electron chi connectivity index (χ0n) is 8.78. The lowest BCUT2D eigenvalue weighted by molar-refractivity contribution is -0.385. The van der Waals surface area contributed by atoms with Gasteiger partial charge in [0.15, 0.2) is 0 Å². The largest absolute Gasteiger partial charge is 0.269 e. The van der Waals surface area contributed by atoms with Crippen LogP contribution in [0.3, 0.4) is 0 Å². The molecule has 76 valence electrons. The highest BCUT2D eigenvalue weighted by molar-refractivity contribution is 5.37. The lowest BCUT2D eigenvalue weighted by Gasteiger charge is -2.22. The van der Waals surface area contributed by atoms with Crippen LogP contribution in [-0.4, -0.2) is 4.92 Å². The SMILES string of the molecule is CCC(C)(C)c1cccc([N+](=O)[O-])c1. The van der Waals surface area contributed by atoms with Crippen molar-refractivity contribution in [2.24, 2.45) is 0 Å². The van der Waals surface area contributed by atoms with Crippen molar-refractivity contribution >= 4 is 5.69 Å². The van der Waals surface area contributed by atoms with Crippen molar-refractivity contribution in [2.45, 2.75) is 32.6 Å². The highest BCUT2D eigenvalue weighted by Crippen LogP contribution is 2.28. The van der Waals surface area contributed by atoms with Crippen molar-refractivity contribution in [1.82, 2.24) is 0 Å². The molecule has 0 fully saturated rings. The molecule has 0 radical (unpaired) electrons. The van der Waals surface area contributed by atoms with Crippen LogP contribution in [0.25, 0.3) is 0 Å². The monoisotopic (exact) mass is 193 g/mol. The van der Waals surface area contributed by atoms with Gasteiger partial charge in [-0.15, -0.1) is 0 Å². The molecule has 0 saturated heterocycles. The molecule has 0 spiro atoms. The number of nitro groups is 1. The number of hydrogen-bond donors (Lipinski definition) is 0. The lowest BCUT2D eigenvalue weighted by Crippen LogP contribution is -2.15. The Kier molecular flexibility index (Phi) is 2.89. The molecule has 0 bridgehead atoms.